The maximum absolute atomic E-state index is 5.81. The Hall–Kier alpha value is -1.47. The van der Waals surface area contributed by atoms with Crippen LogP contribution in [-0.2, 0) is 6.54 Å². The molecule has 0 bridgehead atoms. The van der Waals surface area contributed by atoms with Crippen LogP contribution in [0.4, 0.5) is 5.95 Å². The van der Waals surface area contributed by atoms with Gasteiger partial charge in [-0.3, -0.25) is 0 Å². The molecule has 8 heteroatoms. The van der Waals surface area contributed by atoms with Crippen molar-refractivity contribution in [1.82, 2.24) is 19.9 Å². The predicted molar refractivity (Wildman–Crippen MR) is 70.3 cm³/mol. The van der Waals surface area contributed by atoms with Gasteiger partial charge in [0.15, 0.2) is 0 Å². The van der Waals surface area contributed by atoms with Crippen LogP contribution in [0.5, 0.6) is 6.01 Å². The predicted octanol–water partition coefficient (Wildman–Crippen LogP) is 1.93. The standard InChI is InChI=1S/C10H12ClN5OS/c1-6-7(18-5-12-6)4-16(2)9-13-8(11)14-10(15-9)17-3/h5H,4H2,1-3H3. The zero-order valence-electron chi connectivity index (χ0n) is 10.2. The average Bonchev–Trinajstić information content (AvgIpc) is 2.74. The number of methoxy groups -OCH3 is 1. The summed E-state index contributed by atoms with van der Waals surface area (Å²) in [6, 6.07) is 0.206. The highest BCUT2D eigenvalue weighted by Crippen LogP contribution is 2.19. The van der Waals surface area contributed by atoms with Gasteiger partial charge in [-0.1, -0.05) is 0 Å². The van der Waals surface area contributed by atoms with Crippen molar-refractivity contribution < 1.29 is 4.74 Å². The molecule has 0 aliphatic heterocycles. The first kappa shape index (κ1) is 13.0. The molecular formula is C10H12ClN5OS. The Bertz CT molecular complexity index is 547. The molecule has 2 heterocycles. The van der Waals surface area contributed by atoms with Crippen LogP contribution >= 0.6 is 22.9 Å². The maximum Gasteiger partial charge on any atom is 0.322 e. The van der Waals surface area contributed by atoms with Gasteiger partial charge in [-0.25, -0.2) is 4.98 Å². The van der Waals surface area contributed by atoms with Gasteiger partial charge in [-0.2, -0.15) is 15.0 Å². The number of hydrogen-bond acceptors (Lipinski definition) is 7. The topological polar surface area (TPSA) is 64.0 Å². The Morgan fingerprint density at radius 3 is 2.78 bits per heavy atom. The van der Waals surface area contributed by atoms with Gasteiger partial charge in [0.1, 0.15) is 0 Å². The molecule has 2 aromatic rings. The summed E-state index contributed by atoms with van der Waals surface area (Å²) in [4.78, 5) is 19.3. The van der Waals surface area contributed by atoms with Crippen LogP contribution in [0.2, 0.25) is 5.28 Å². The number of nitrogens with zero attached hydrogens (tertiary/aromatic N) is 5. The second-order valence-corrected chi connectivity index (χ2v) is 4.89. The molecule has 96 valence electrons. The fraction of sp³-hybridized carbons (Fsp3) is 0.400. The Morgan fingerprint density at radius 1 is 1.39 bits per heavy atom. The van der Waals surface area contributed by atoms with Gasteiger partial charge in [0, 0.05) is 11.9 Å². The van der Waals surface area contributed by atoms with Crippen molar-refractivity contribution in [2.24, 2.45) is 0 Å². The van der Waals surface area contributed by atoms with Crippen LogP contribution in [-0.4, -0.2) is 34.1 Å². The van der Waals surface area contributed by atoms with Crippen LogP contribution in [0, 0.1) is 6.92 Å². The van der Waals surface area contributed by atoms with E-state index in [0.29, 0.717) is 12.5 Å². The summed E-state index contributed by atoms with van der Waals surface area (Å²) in [5.41, 5.74) is 2.83. The summed E-state index contributed by atoms with van der Waals surface area (Å²) in [5, 5.41) is 0.115. The number of thiazole rings is 1. The second kappa shape index (κ2) is 5.45. The zero-order valence-corrected chi connectivity index (χ0v) is 11.8. The fourth-order valence-electron chi connectivity index (χ4n) is 1.35. The highest BCUT2D eigenvalue weighted by atomic mass is 35.5. The number of aryl methyl sites for hydroxylation is 1. The molecule has 0 aliphatic carbocycles. The summed E-state index contributed by atoms with van der Waals surface area (Å²) in [6.07, 6.45) is 0. The van der Waals surface area contributed by atoms with Crippen LogP contribution in [0.25, 0.3) is 0 Å². The Morgan fingerprint density at radius 2 is 2.17 bits per heavy atom. The van der Waals surface area contributed by atoms with E-state index >= 15 is 0 Å². The van der Waals surface area contributed by atoms with Crippen LogP contribution < -0.4 is 9.64 Å². The van der Waals surface area contributed by atoms with Crippen molar-refractivity contribution in [3.63, 3.8) is 0 Å². The molecule has 0 aliphatic rings. The van der Waals surface area contributed by atoms with Crippen LogP contribution in [0.3, 0.4) is 0 Å². The van der Waals surface area contributed by atoms with Crippen molar-refractivity contribution in [3.8, 4) is 6.01 Å². The maximum atomic E-state index is 5.81. The monoisotopic (exact) mass is 285 g/mol. The number of anilines is 1. The molecule has 0 radical (unpaired) electrons. The minimum Gasteiger partial charge on any atom is -0.467 e. The molecule has 0 saturated heterocycles. The van der Waals surface area contributed by atoms with Crippen molar-refractivity contribution in [3.05, 3.63) is 21.4 Å². The molecule has 18 heavy (non-hydrogen) atoms. The van der Waals surface area contributed by atoms with Gasteiger partial charge >= 0.3 is 6.01 Å². The molecule has 0 amide bonds. The molecule has 0 atom stereocenters. The second-order valence-electron chi connectivity index (χ2n) is 3.61. The molecule has 0 aromatic carbocycles. The number of aromatic nitrogens is 4. The molecule has 6 nitrogen and oxygen atoms in total. The highest BCUT2D eigenvalue weighted by Gasteiger charge is 2.12. The van der Waals surface area contributed by atoms with Crippen molar-refractivity contribution in [1.29, 1.82) is 0 Å². The molecule has 2 rings (SSSR count). The summed E-state index contributed by atoms with van der Waals surface area (Å²) in [7, 11) is 3.37. The third-order valence-corrected chi connectivity index (χ3v) is 3.41. The molecule has 0 unspecified atom stereocenters. The van der Waals surface area contributed by atoms with Crippen LogP contribution in [0.1, 0.15) is 10.6 Å². The first-order chi connectivity index (χ1) is 8.60. The van der Waals surface area contributed by atoms with Gasteiger partial charge in [-0.05, 0) is 18.5 Å². The molecule has 0 N–H and O–H groups in total. The van der Waals surface area contributed by atoms with E-state index in [-0.39, 0.29) is 11.3 Å². The lowest BCUT2D eigenvalue weighted by Crippen LogP contribution is -2.19. The Labute approximate surface area is 114 Å². The Balaban J connectivity index is 2.20. The van der Waals surface area contributed by atoms with Crippen molar-refractivity contribution in [2.75, 3.05) is 19.1 Å². The van der Waals surface area contributed by atoms with Gasteiger partial charge in [0.25, 0.3) is 0 Å². The quantitative estimate of drug-likeness (QED) is 0.855. The van der Waals surface area contributed by atoms with E-state index in [1.807, 2.05) is 24.4 Å². The minimum absolute atomic E-state index is 0.115. The average molecular weight is 286 g/mol. The summed E-state index contributed by atoms with van der Waals surface area (Å²) >= 11 is 7.41. The number of ether oxygens (including phenoxy) is 1. The lowest BCUT2D eigenvalue weighted by molar-refractivity contribution is 0.378. The smallest absolute Gasteiger partial charge is 0.322 e. The SMILES string of the molecule is COc1nc(Cl)nc(N(C)Cc2scnc2C)n1. The Kier molecular flexibility index (Phi) is 3.93. The number of halogens is 1. The summed E-state index contributed by atoms with van der Waals surface area (Å²) < 4.78 is 4.96. The molecule has 2 aromatic heterocycles. The van der Waals surface area contributed by atoms with E-state index in [4.69, 9.17) is 16.3 Å². The van der Waals surface area contributed by atoms with Gasteiger partial charge in [-0.15, -0.1) is 11.3 Å². The van der Waals surface area contributed by atoms with Gasteiger partial charge in [0.2, 0.25) is 11.2 Å². The first-order valence-corrected chi connectivity index (χ1v) is 6.41. The van der Waals surface area contributed by atoms with E-state index in [9.17, 15) is 0 Å². The lowest BCUT2D eigenvalue weighted by Gasteiger charge is -2.16. The zero-order chi connectivity index (χ0) is 13.1. The first-order valence-electron chi connectivity index (χ1n) is 5.16. The summed E-state index contributed by atoms with van der Waals surface area (Å²) in [5.74, 6) is 0.472. The fourth-order valence-corrected chi connectivity index (χ4v) is 2.33. The molecule has 0 spiro atoms. The van der Waals surface area contributed by atoms with E-state index in [1.165, 1.54) is 7.11 Å². The number of hydrogen-bond donors (Lipinski definition) is 0. The van der Waals surface area contributed by atoms with E-state index in [2.05, 4.69) is 19.9 Å². The number of rotatable bonds is 4. The molecule has 0 fully saturated rings. The largest absolute Gasteiger partial charge is 0.467 e. The van der Waals surface area contributed by atoms with Crippen molar-refractivity contribution in [2.45, 2.75) is 13.5 Å². The third-order valence-electron chi connectivity index (χ3n) is 2.33. The van der Waals surface area contributed by atoms with E-state index in [1.54, 1.807) is 11.3 Å². The highest BCUT2D eigenvalue weighted by molar-refractivity contribution is 7.09. The van der Waals surface area contributed by atoms with Gasteiger partial charge in [0.05, 0.1) is 24.9 Å². The van der Waals surface area contributed by atoms with Gasteiger partial charge < -0.3 is 9.64 Å². The van der Waals surface area contributed by atoms with Crippen LogP contribution in [0.15, 0.2) is 5.51 Å². The van der Waals surface area contributed by atoms with Crippen molar-refractivity contribution >= 4 is 28.9 Å². The lowest BCUT2D eigenvalue weighted by atomic mass is 10.4. The minimum atomic E-state index is 0.115. The molecular weight excluding hydrogens is 274 g/mol. The normalized spacial score (nSPS) is 10.4. The van der Waals surface area contributed by atoms with E-state index in [0.717, 1.165) is 10.6 Å². The summed E-state index contributed by atoms with van der Waals surface area (Å²) in [6.45, 7) is 2.64. The van der Waals surface area contributed by atoms with E-state index < -0.39 is 0 Å². The third kappa shape index (κ3) is 2.85. The molecule has 0 saturated carbocycles.